The lowest BCUT2D eigenvalue weighted by Gasteiger charge is -2.11. The third kappa shape index (κ3) is 3.61. The fraction of sp³-hybridized carbons (Fsp3) is 0.300. The number of aliphatic imine (C=N–C) groups is 1. The molecular weight excluding hydrogens is 238 g/mol. The zero-order chi connectivity index (χ0) is 13.1. The maximum atomic E-state index is 12.9. The molecule has 0 aromatic heterocycles. The van der Waals surface area contributed by atoms with E-state index < -0.39 is 17.6 Å². The molecule has 0 bridgehead atoms. The van der Waals surface area contributed by atoms with Crippen LogP contribution in [0.25, 0.3) is 0 Å². The van der Waals surface area contributed by atoms with Crippen molar-refractivity contribution in [1.82, 2.24) is 0 Å². The van der Waals surface area contributed by atoms with Gasteiger partial charge in [-0.05, 0) is 25.1 Å². The van der Waals surface area contributed by atoms with E-state index in [1.54, 1.807) is 6.92 Å². The maximum absolute atomic E-state index is 12.9. The van der Waals surface area contributed by atoms with Crippen LogP contribution in [0, 0.1) is 5.82 Å². The second-order valence-electron chi connectivity index (χ2n) is 3.18. The summed E-state index contributed by atoms with van der Waals surface area (Å²) in [5.74, 6) is -1.35. The Hall–Kier alpha value is -1.79. The third-order valence-corrected chi connectivity index (χ3v) is 1.87. The molecule has 0 aliphatic heterocycles. The molecule has 0 unspecified atom stereocenters. The van der Waals surface area contributed by atoms with E-state index in [1.165, 1.54) is 0 Å². The summed E-state index contributed by atoms with van der Waals surface area (Å²) in [7, 11) is 0. The zero-order valence-corrected chi connectivity index (χ0v) is 8.98. The second-order valence-corrected chi connectivity index (χ2v) is 3.18. The van der Waals surface area contributed by atoms with Gasteiger partial charge in [0.25, 0.3) is 0 Å². The van der Waals surface area contributed by atoms with Crippen molar-refractivity contribution in [3.8, 4) is 0 Å². The lowest BCUT2D eigenvalue weighted by atomic mass is 10.2. The summed E-state index contributed by atoms with van der Waals surface area (Å²) in [5.41, 5.74) is 4.07. The highest BCUT2D eigenvalue weighted by molar-refractivity contribution is 5.92. The molecule has 1 aromatic rings. The third-order valence-electron chi connectivity index (χ3n) is 1.87. The van der Waals surface area contributed by atoms with Crippen LogP contribution in [0.1, 0.15) is 12.5 Å². The van der Waals surface area contributed by atoms with Crippen LogP contribution in [-0.4, -0.2) is 12.5 Å². The molecule has 0 radical (unpaired) electrons. The molecule has 1 aromatic carbocycles. The summed E-state index contributed by atoms with van der Waals surface area (Å²) in [6.07, 6.45) is -4.74. The first-order chi connectivity index (χ1) is 7.84. The first-order valence-electron chi connectivity index (χ1n) is 4.78. The number of hydrogen-bond acceptors (Lipinski definition) is 1. The molecule has 0 saturated carbocycles. The molecule has 0 aliphatic carbocycles. The molecule has 7 heteroatoms. The Labute approximate surface area is 95.3 Å². The van der Waals surface area contributed by atoms with Crippen LogP contribution in [0.5, 0.6) is 0 Å². The minimum atomic E-state index is -4.74. The molecule has 1 rings (SSSR count). The number of hydrogen-bond donors (Lipinski definition) is 2. The van der Waals surface area contributed by atoms with Crippen LogP contribution in [0.3, 0.4) is 0 Å². The molecule has 0 aliphatic rings. The molecule has 0 amide bonds. The fourth-order valence-corrected chi connectivity index (χ4v) is 1.18. The van der Waals surface area contributed by atoms with Crippen LogP contribution < -0.4 is 11.1 Å². The molecule has 0 heterocycles. The van der Waals surface area contributed by atoms with Crippen LogP contribution in [0.2, 0.25) is 0 Å². The second kappa shape index (κ2) is 5.03. The number of anilines is 1. The predicted molar refractivity (Wildman–Crippen MR) is 57.2 cm³/mol. The van der Waals surface area contributed by atoms with E-state index in [0.717, 1.165) is 12.1 Å². The van der Waals surface area contributed by atoms with Gasteiger partial charge in [0, 0.05) is 12.2 Å². The van der Waals surface area contributed by atoms with E-state index in [0.29, 0.717) is 12.6 Å². The van der Waals surface area contributed by atoms with Crippen LogP contribution in [-0.2, 0) is 6.18 Å². The van der Waals surface area contributed by atoms with Gasteiger partial charge in [-0.1, -0.05) is 0 Å². The number of nitrogens with zero attached hydrogens (tertiary/aromatic N) is 1. The van der Waals surface area contributed by atoms with Gasteiger partial charge in [-0.2, -0.15) is 13.2 Å². The highest BCUT2D eigenvalue weighted by Gasteiger charge is 2.34. The first-order valence-corrected chi connectivity index (χ1v) is 4.78. The Morgan fingerprint density at radius 1 is 1.41 bits per heavy atom. The Bertz CT molecular complexity index is 426. The Kier molecular flexibility index (Phi) is 3.93. The normalized spacial score (nSPS) is 12.6. The number of halogens is 4. The van der Waals surface area contributed by atoms with Gasteiger partial charge in [0.15, 0.2) is 5.96 Å². The lowest BCUT2D eigenvalue weighted by Crippen LogP contribution is -2.23. The van der Waals surface area contributed by atoms with E-state index in [-0.39, 0.29) is 11.6 Å². The SMILES string of the molecule is CCN=C(N)Nc1ccc(F)c(C(F)(F)F)c1. The van der Waals surface area contributed by atoms with Crippen LogP contribution >= 0.6 is 0 Å². The predicted octanol–water partition coefficient (Wildman–Crippen LogP) is 2.59. The van der Waals surface area contributed by atoms with E-state index >= 15 is 0 Å². The van der Waals surface area contributed by atoms with Crippen molar-refractivity contribution in [1.29, 1.82) is 0 Å². The van der Waals surface area contributed by atoms with Crippen molar-refractivity contribution in [2.24, 2.45) is 10.7 Å². The minimum Gasteiger partial charge on any atom is -0.370 e. The van der Waals surface area contributed by atoms with E-state index in [4.69, 9.17) is 5.73 Å². The van der Waals surface area contributed by atoms with Crippen molar-refractivity contribution in [2.45, 2.75) is 13.1 Å². The quantitative estimate of drug-likeness (QED) is 0.481. The van der Waals surface area contributed by atoms with Gasteiger partial charge in [-0.15, -0.1) is 0 Å². The van der Waals surface area contributed by atoms with Crippen molar-refractivity contribution in [3.63, 3.8) is 0 Å². The smallest absolute Gasteiger partial charge is 0.370 e. The minimum absolute atomic E-state index is 0.0211. The number of alkyl halides is 3. The molecule has 17 heavy (non-hydrogen) atoms. The van der Waals surface area contributed by atoms with Gasteiger partial charge in [-0.25, -0.2) is 4.39 Å². The van der Waals surface area contributed by atoms with Gasteiger partial charge in [0.05, 0.1) is 5.56 Å². The van der Waals surface area contributed by atoms with E-state index in [1.807, 2.05) is 0 Å². The van der Waals surface area contributed by atoms with Crippen molar-refractivity contribution in [2.75, 3.05) is 11.9 Å². The molecule has 0 fully saturated rings. The van der Waals surface area contributed by atoms with Crippen molar-refractivity contribution in [3.05, 3.63) is 29.6 Å². The van der Waals surface area contributed by atoms with Gasteiger partial charge in [0.1, 0.15) is 5.82 Å². The standard InChI is InChI=1S/C10H11F4N3/c1-2-16-9(15)17-6-3-4-8(11)7(5-6)10(12,13)14/h3-5H,2H2,1H3,(H3,15,16,17). The first kappa shape index (κ1) is 13.3. The van der Waals surface area contributed by atoms with Gasteiger partial charge >= 0.3 is 6.18 Å². The van der Waals surface area contributed by atoms with E-state index in [9.17, 15) is 17.6 Å². The number of rotatable bonds is 2. The molecule has 0 spiro atoms. The van der Waals surface area contributed by atoms with Crippen LogP contribution in [0.4, 0.5) is 23.2 Å². The Balaban J connectivity index is 3.01. The topological polar surface area (TPSA) is 50.4 Å². The average Bonchev–Trinajstić information content (AvgIpc) is 2.19. The van der Waals surface area contributed by atoms with Gasteiger partial charge in [-0.3, -0.25) is 4.99 Å². The number of guanidine groups is 1. The summed E-state index contributed by atoms with van der Waals surface area (Å²) in [4.78, 5) is 3.74. The average molecular weight is 249 g/mol. The summed E-state index contributed by atoms with van der Waals surface area (Å²) in [6, 6.07) is 2.53. The summed E-state index contributed by atoms with van der Waals surface area (Å²) in [5, 5.41) is 2.44. The fourth-order valence-electron chi connectivity index (χ4n) is 1.18. The van der Waals surface area contributed by atoms with E-state index in [2.05, 4.69) is 10.3 Å². The molecule has 94 valence electrons. The summed E-state index contributed by atoms with van der Waals surface area (Å²) < 4.78 is 50.1. The molecule has 0 atom stereocenters. The number of nitrogens with one attached hydrogen (secondary N) is 1. The monoisotopic (exact) mass is 249 g/mol. The summed E-state index contributed by atoms with van der Waals surface area (Å²) >= 11 is 0. The maximum Gasteiger partial charge on any atom is 0.419 e. The molecule has 0 saturated heterocycles. The number of benzene rings is 1. The highest BCUT2D eigenvalue weighted by atomic mass is 19.4. The lowest BCUT2D eigenvalue weighted by molar-refractivity contribution is -0.139. The Morgan fingerprint density at radius 3 is 2.59 bits per heavy atom. The van der Waals surface area contributed by atoms with Crippen molar-refractivity contribution < 1.29 is 17.6 Å². The Morgan fingerprint density at radius 2 is 2.06 bits per heavy atom. The number of nitrogens with two attached hydrogens (primary N) is 1. The van der Waals surface area contributed by atoms with Gasteiger partial charge < -0.3 is 11.1 Å². The molecule has 3 nitrogen and oxygen atoms in total. The largest absolute Gasteiger partial charge is 0.419 e. The van der Waals surface area contributed by atoms with Gasteiger partial charge in [0.2, 0.25) is 0 Å². The zero-order valence-electron chi connectivity index (χ0n) is 8.98. The summed E-state index contributed by atoms with van der Waals surface area (Å²) in [6.45, 7) is 2.12. The molecule has 3 N–H and O–H groups in total. The van der Waals surface area contributed by atoms with Crippen molar-refractivity contribution >= 4 is 11.6 Å². The van der Waals surface area contributed by atoms with Crippen LogP contribution in [0.15, 0.2) is 23.2 Å². The molecular formula is C10H11F4N3. The highest BCUT2D eigenvalue weighted by Crippen LogP contribution is 2.32.